The Labute approximate surface area is 376 Å². The summed E-state index contributed by atoms with van der Waals surface area (Å²) in [6, 6.07) is 0. The van der Waals surface area contributed by atoms with Crippen LogP contribution in [0.3, 0.4) is 0 Å². The number of esters is 2. The molecule has 63 heavy (non-hydrogen) atoms. The number of aliphatic hydroxyl groups excluding tert-OH is 3. The molecule has 0 aromatic rings. The summed E-state index contributed by atoms with van der Waals surface area (Å²) in [7, 11) is -9.79. The summed E-state index contributed by atoms with van der Waals surface area (Å²) in [5.74, 6) is -1.33. The van der Waals surface area contributed by atoms with Crippen molar-refractivity contribution in [1.29, 1.82) is 0 Å². The van der Waals surface area contributed by atoms with Gasteiger partial charge < -0.3 is 39.5 Å². The maximum Gasteiger partial charge on any atom is 0.472 e. The molecule has 0 aliphatic carbocycles. The second kappa shape index (κ2) is 40.7. The number of carbonyl (C=O) groups is 2. The largest absolute Gasteiger partial charge is 0.472 e. The van der Waals surface area contributed by atoms with E-state index < -0.39 is 78.4 Å². The minimum atomic E-state index is -4.90. The first kappa shape index (κ1) is 60.2. The lowest BCUT2D eigenvalue weighted by Crippen LogP contribution is -2.30. The average Bonchev–Trinajstić information content (AvgIpc) is 3.23. The molecule has 0 aromatic heterocycles. The molecule has 5 atom stereocenters. The van der Waals surface area contributed by atoms with E-state index in [0.29, 0.717) is 19.3 Å². The number of phosphoric ester groups is 2. The molecular weight excluding hydrogens is 854 g/mol. The monoisotopic (exact) mass is 932 g/mol. The van der Waals surface area contributed by atoms with Crippen LogP contribution >= 0.6 is 15.6 Å². The average molecular weight is 933 g/mol. The van der Waals surface area contributed by atoms with Crippen LogP contribution in [0.2, 0.25) is 0 Å². The van der Waals surface area contributed by atoms with E-state index >= 15 is 0 Å². The van der Waals surface area contributed by atoms with E-state index in [-0.39, 0.29) is 25.7 Å². The Morgan fingerprint density at radius 2 is 1.02 bits per heavy atom. The number of hydrogen-bond donors (Lipinski definition) is 6. The lowest BCUT2D eigenvalue weighted by molar-refractivity contribution is -0.161. The standard InChI is InChI=1S/C46H78O15P2/c1-3-5-7-8-9-10-11-12-13-14-15-16-17-18-22-25-29-35-45(50)57-39-44(40-60-63(55,56)59-38-43(49)37-58-62(52,53)54)61-46(51)36-30-34-42(48)33-28-24-21-19-20-23-27-32-41(47)31-26-6-4-2/h12-13,15-16,18,20-24,27-28,32-33,41-44,47-49H,3-11,14,17,19,25-26,29-31,34-40H2,1-2H3,(H,55,56)(H2,52,53,54)/b13-12-,16-15-,22-18-,23-20-,24-21-,32-27+,33-28+/t41-,42-,43+,44-/m1/s1. The van der Waals surface area contributed by atoms with E-state index in [2.05, 4.69) is 47.2 Å². The van der Waals surface area contributed by atoms with Gasteiger partial charge in [0.2, 0.25) is 0 Å². The van der Waals surface area contributed by atoms with Gasteiger partial charge in [-0.1, -0.05) is 150 Å². The number of aliphatic hydroxyl groups is 3. The molecule has 362 valence electrons. The lowest BCUT2D eigenvalue weighted by atomic mass is 10.1. The number of ether oxygens (including phenoxy) is 2. The molecule has 0 aliphatic heterocycles. The molecule has 0 aromatic carbocycles. The first-order valence-electron chi connectivity index (χ1n) is 22.5. The van der Waals surface area contributed by atoms with Gasteiger partial charge in [0.25, 0.3) is 0 Å². The van der Waals surface area contributed by atoms with Gasteiger partial charge in [-0.25, -0.2) is 9.13 Å². The van der Waals surface area contributed by atoms with Crippen LogP contribution in [0.25, 0.3) is 0 Å². The molecule has 0 heterocycles. The lowest BCUT2D eigenvalue weighted by Gasteiger charge is -2.20. The van der Waals surface area contributed by atoms with Gasteiger partial charge in [0.15, 0.2) is 6.10 Å². The number of rotatable bonds is 41. The first-order chi connectivity index (χ1) is 30.2. The Balaban J connectivity index is 4.83. The molecular formula is C46H78O15P2. The topological polar surface area (TPSA) is 236 Å². The van der Waals surface area contributed by atoms with Gasteiger partial charge in [0.1, 0.15) is 12.7 Å². The molecule has 0 spiro atoms. The molecule has 17 heteroatoms. The van der Waals surface area contributed by atoms with Gasteiger partial charge >= 0.3 is 27.6 Å². The Hall–Kier alpha value is -2.78. The summed E-state index contributed by atoms with van der Waals surface area (Å²) in [6.45, 7) is 1.32. The zero-order chi connectivity index (χ0) is 46.9. The van der Waals surface area contributed by atoms with Crippen LogP contribution in [0.1, 0.15) is 142 Å². The van der Waals surface area contributed by atoms with E-state index in [1.54, 1.807) is 24.3 Å². The highest BCUT2D eigenvalue weighted by molar-refractivity contribution is 7.47. The predicted octanol–water partition coefficient (Wildman–Crippen LogP) is 9.50. The summed E-state index contributed by atoms with van der Waals surface area (Å²) in [6.07, 6.45) is 39.4. The molecule has 0 saturated heterocycles. The van der Waals surface area contributed by atoms with Gasteiger partial charge in [-0.3, -0.25) is 23.2 Å². The highest BCUT2D eigenvalue weighted by Gasteiger charge is 2.28. The summed E-state index contributed by atoms with van der Waals surface area (Å²) in [5.41, 5.74) is 0. The zero-order valence-electron chi connectivity index (χ0n) is 37.6. The minimum absolute atomic E-state index is 0.0696. The molecule has 0 rings (SSSR count). The molecule has 0 saturated carbocycles. The predicted molar refractivity (Wildman–Crippen MR) is 246 cm³/mol. The van der Waals surface area contributed by atoms with E-state index in [1.165, 1.54) is 38.5 Å². The third-order valence-corrected chi connectivity index (χ3v) is 10.4. The third-order valence-electron chi connectivity index (χ3n) is 8.95. The van der Waals surface area contributed by atoms with Gasteiger partial charge in [-0.05, 0) is 64.2 Å². The molecule has 0 radical (unpaired) electrons. The first-order valence-corrected chi connectivity index (χ1v) is 25.5. The fraction of sp³-hybridized carbons (Fsp3) is 0.652. The number of allylic oxidation sites excluding steroid dienone is 12. The van der Waals surface area contributed by atoms with Gasteiger partial charge in [0, 0.05) is 12.8 Å². The minimum Gasteiger partial charge on any atom is -0.462 e. The van der Waals surface area contributed by atoms with Crippen molar-refractivity contribution in [2.45, 2.75) is 167 Å². The van der Waals surface area contributed by atoms with Crippen LogP contribution < -0.4 is 0 Å². The van der Waals surface area contributed by atoms with Crippen molar-refractivity contribution in [1.82, 2.24) is 0 Å². The van der Waals surface area contributed by atoms with E-state index in [9.17, 15) is 38.9 Å². The highest BCUT2D eigenvalue weighted by Crippen LogP contribution is 2.43. The van der Waals surface area contributed by atoms with Gasteiger partial charge in [-0.15, -0.1) is 0 Å². The highest BCUT2D eigenvalue weighted by atomic mass is 31.2. The molecule has 6 N–H and O–H groups in total. The molecule has 0 aliphatic rings. The molecule has 15 nitrogen and oxygen atoms in total. The Morgan fingerprint density at radius 1 is 0.524 bits per heavy atom. The summed E-state index contributed by atoms with van der Waals surface area (Å²) in [4.78, 5) is 52.7. The van der Waals surface area contributed by atoms with Crippen molar-refractivity contribution in [3.63, 3.8) is 0 Å². The van der Waals surface area contributed by atoms with E-state index in [4.69, 9.17) is 23.8 Å². The SMILES string of the molecule is CCCCCCCC/C=C\C/C=C\C/C=C\CCCC(=O)OC[C@H](COP(=O)(O)OC[C@@H](O)COP(=O)(O)O)OC(=O)CCC[C@H](O)/C=C/C=C\C/C=C\C=C\[C@H](O)CCCCC. The number of unbranched alkanes of at least 4 members (excludes halogenated alkanes) is 9. The second-order valence-corrected chi connectivity index (χ2v) is 17.7. The van der Waals surface area contributed by atoms with Gasteiger partial charge in [-0.2, -0.15) is 0 Å². The smallest absolute Gasteiger partial charge is 0.462 e. The quantitative estimate of drug-likeness (QED) is 0.0110. The van der Waals surface area contributed by atoms with Crippen LogP contribution in [0.5, 0.6) is 0 Å². The second-order valence-electron chi connectivity index (χ2n) is 15.0. The Morgan fingerprint density at radius 3 is 1.63 bits per heavy atom. The van der Waals surface area contributed by atoms with Crippen LogP contribution in [0.4, 0.5) is 0 Å². The van der Waals surface area contributed by atoms with Crippen molar-refractivity contribution in [2.75, 3.05) is 26.4 Å². The van der Waals surface area contributed by atoms with Crippen molar-refractivity contribution in [3.8, 4) is 0 Å². The normalized spacial score (nSPS) is 15.7. The summed E-state index contributed by atoms with van der Waals surface area (Å²) in [5, 5.41) is 29.9. The fourth-order valence-corrected chi connectivity index (χ4v) is 6.61. The fourth-order valence-electron chi connectivity index (χ4n) is 5.46. The van der Waals surface area contributed by atoms with Crippen molar-refractivity contribution in [3.05, 3.63) is 85.1 Å². The van der Waals surface area contributed by atoms with Gasteiger partial charge in [0.05, 0.1) is 32.0 Å². The van der Waals surface area contributed by atoms with Crippen LogP contribution in [-0.4, -0.2) is 92.8 Å². The number of hydrogen-bond acceptors (Lipinski definition) is 12. The van der Waals surface area contributed by atoms with Crippen molar-refractivity contribution < 1.29 is 71.8 Å². The third kappa shape index (κ3) is 44.2. The maximum atomic E-state index is 12.7. The zero-order valence-corrected chi connectivity index (χ0v) is 39.4. The Bertz CT molecular complexity index is 1470. The molecule has 0 amide bonds. The Kier molecular flexibility index (Phi) is 38.9. The van der Waals surface area contributed by atoms with E-state index in [1.807, 2.05) is 36.5 Å². The summed E-state index contributed by atoms with van der Waals surface area (Å²) < 4.78 is 47.5. The number of carbonyl (C=O) groups excluding carboxylic acids is 2. The maximum absolute atomic E-state index is 12.7. The van der Waals surface area contributed by atoms with Crippen LogP contribution in [0, 0.1) is 0 Å². The van der Waals surface area contributed by atoms with Crippen molar-refractivity contribution in [2.24, 2.45) is 0 Å². The van der Waals surface area contributed by atoms with Crippen molar-refractivity contribution >= 4 is 27.6 Å². The number of phosphoric acid groups is 2. The molecule has 0 bridgehead atoms. The van der Waals surface area contributed by atoms with Crippen LogP contribution in [-0.2, 0) is 41.8 Å². The molecule has 0 fully saturated rings. The van der Waals surface area contributed by atoms with E-state index in [0.717, 1.165) is 44.9 Å². The summed E-state index contributed by atoms with van der Waals surface area (Å²) >= 11 is 0. The van der Waals surface area contributed by atoms with Crippen LogP contribution in [0.15, 0.2) is 85.1 Å². The molecule has 1 unspecified atom stereocenters.